The molecule has 3 aromatic carbocycles. The summed E-state index contributed by atoms with van der Waals surface area (Å²) in [6, 6.07) is 16.8. The predicted molar refractivity (Wildman–Crippen MR) is 142 cm³/mol. The van der Waals surface area contributed by atoms with E-state index < -0.39 is 11.9 Å². The van der Waals surface area contributed by atoms with E-state index in [1.54, 1.807) is 24.3 Å². The lowest BCUT2D eigenvalue weighted by atomic mass is 9.97. The predicted octanol–water partition coefficient (Wildman–Crippen LogP) is 6.97. The Kier molecular flexibility index (Phi) is 7.82. The quantitative estimate of drug-likeness (QED) is 0.300. The van der Waals surface area contributed by atoms with Crippen LogP contribution in [0.15, 0.2) is 60.7 Å². The first-order chi connectivity index (χ1) is 18.5. The van der Waals surface area contributed by atoms with Crippen LogP contribution in [0.25, 0.3) is 11.1 Å². The minimum Gasteiger partial charge on any atom is -0.488 e. The second-order valence-electron chi connectivity index (χ2n) is 9.99. The van der Waals surface area contributed by atoms with Crippen LogP contribution in [-0.2, 0) is 6.61 Å². The fourth-order valence-corrected chi connectivity index (χ4v) is 5.30. The van der Waals surface area contributed by atoms with Gasteiger partial charge < -0.3 is 24.4 Å². The van der Waals surface area contributed by atoms with Gasteiger partial charge in [-0.15, -0.1) is 0 Å². The number of rotatable bonds is 10. The van der Waals surface area contributed by atoms with Crippen LogP contribution >= 0.6 is 0 Å². The van der Waals surface area contributed by atoms with Crippen LogP contribution in [0.4, 0.5) is 0 Å². The van der Waals surface area contributed by atoms with E-state index in [1.807, 2.05) is 18.2 Å². The molecule has 2 aliphatic carbocycles. The standard InChI is InChI=1S/C31H32O7/c32-30(33)22-8-5-7-21(18-22)29-25(31(34)35)13-6-14-27(29)36-19-20-15-16-26(37-23-9-1-2-10-23)28(17-20)38-24-11-3-4-12-24/h5-8,13-18,23-24H,1-4,9-12,19H2,(H,32,33)(H,34,35). The van der Waals surface area contributed by atoms with Gasteiger partial charge in [-0.1, -0.05) is 24.3 Å². The number of hydrogen-bond donors (Lipinski definition) is 2. The minimum atomic E-state index is -1.12. The first-order valence-corrected chi connectivity index (χ1v) is 13.3. The smallest absolute Gasteiger partial charge is 0.336 e. The molecule has 5 rings (SSSR count). The van der Waals surface area contributed by atoms with E-state index in [1.165, 1.54) is 31.0 Å². The van der Waals surface area contributed by atoms with Gasteiger partial charge in [-0.05, 0) is 98.9 Å². The van der Waals surface area contributed by atoms with Crippen LogP contribution in [0, 0.1) is 0 Å². The van der Waals surface area contributed by atoms with Crippen molar-refractivity contribution >= 4 is 11.9 Å². The highest BCUT2D eigenvalue weighted by molar-refractivity contribution is 5.99. The lowest BCUT2D eigenvalue weighted by molar-refractivity contribution is 0.0687. The largest absolute Gasteiger partial charge is 0.488 e. The summed E-state index contributed by atoms with van der Waals surface area (Å²) in [7, 11) is 0. The molecule has 38 heavy (non-hydrogen) atoms. The zero-order valence-electron chi connectivity index (χ0n) is 21.2. The van der Waals surface area contributed by atoms with Crippen LogP contribution in [0.1, 0.15) is 77.6 Å². The molecular weight excluding hydrogens is 484 g/mol. The van der Waals surface area contributed by atoms with Crippen LogP contribution in [-0.4, -0.2) is 34.4 Å². The van der Waals surface area contributed by atoms with Crippen molar-refractivity contribution in [3.05, 3.63) is 77.4 Å². The van der Waals surface area contributed by atoms with Crippen molar-refractivity contribution in [2.24, 2.45) is 0 Å². The lowest BCUT2D eigenvalue weighted by Gasteiger charge is -2.21. The Morgan fingerprint density at radius 2 is 1.37 bits per heavy atom. The molecule has 2 N–H and O–H groups in total. The van der Waals surface area contributed by atoms with Gasteiger partial charge >= 0.3 is 11.9 Å². The summed E-state index contributed by atoms with van der Waals surface area (Å²) in [6.45, 7) is 0.180. The Morgan fingerprint density at radius 3 is 2.03 bits per heavy atom. The summed E-state index contributed by atoms with van der Waals surface area (Å²) < 4.78 is 18.8. The normalized spacial score (nSPS) is 15.9. The molecule has 0 amide bonds. The Bertz CT molecular complexity index is 1300. The molecule has 2 fully saturated rings. The average Bonchev–Trinajstić information content (AvgIpc) is 3.63. The fourth-order valence-electron chi connectivity index (χ4n) is 5.30. The highest BCUT2D eigenvalue weighted by Gasteiger charge is 2.23. The van der Waals surface area contributed by atoms with Gasteiger partial charge in [0.25, 0.3) is 0 Å². The van der Waals surface area contributed by atoms with Crippen LogP contribution < -0.4 is 14.2 Å². The summed E-state index contributed by atoms with van der Waals surface area (Å²) in [6.07, 6.45) is 9.26. The first kappa shape index (κ1) is 25.6. The minimum absolute atomic E-state index is 0.0376. The second kappa shape index (κ2) is 11.6. The molecule has 2 saturated carbocycles. The van der Waals surface area contributed by atoms with Gasteiger partial charge in [0, 0.05) is 5.56 Å². The van der Waals surface area contributed by atoms with Gasteiger partial charge in [0.15, 0.2) is 11.5 Å². The van der Waals surface area contributed by atoms with E-state index in [9.17, 15) is 19.8 Å². The molecule has 0 radical (unpaired) electrons. The Hall–Kier alpha value is -4.00. The number of aromatic carboxylic acids is 2. The molecule has 198 valence electrons. The molecule has 0 unspecified atom stereocenters. The van der Waals surface area contributed by atoms with Crippen molar-refractivity contribution in [3.8, 4) is 28.4 Å². The summed E-state index contributed by atoms with van der Waals surface area (Å²) in [5, 5.41) is 19.3. The number of carbonyl (C=O) groups is 2. The maximum atomic E-state index is 12.0. The van der Waals surface area contributed by atoms with Crippen molar-refractivity contribution in [2.45, 2.75) is 70.2 Å². The molecule has 0 atom stereocenters. The van der Waals surface area contributed by atoms with Crippen LogP contribution in [0.2, 0.25) is 0 Å². The summed E-state index contributed by atoms with van der Waals surface area (Å²) in [5.74, 6) is -0.370. The van der Waals surface area contributed by atoms with E-state index in [0.717, 1.165) is 55.6 Å². The number of ether oxygens (including phenoxy) is 3. The monoisotopic (exact) mass is 516 g/mol. The Labute approximate surface area is 222 Å². The highest BCUT2D eigenvalue weighted by Crippen LogP contribution is 2.37. The molecule has 0 aromatic heterocycles. The summed E-state index contributed by atoms with van der Waals surface area (Å²) in [5.41, 5.74) is 1.77. The average molecular weight is 517 g/mol. The van der Waals surface area contributed by atoms with Gasteiger partial charge in [0.05, 0.1) is 23.3 Å². The molecule has 2 aliphatic rings. The van der Waals surface area contributed by atoms with E-state index in [0.29, 0.717) is 16.9 Å². The molecule has 7 heteroatoms. The molecule has 0 heterocycles. The number of carboxylic acid groups (broad SMARTS) is 2. The van der Waals surface area contributed by atoms with E-state index >= 15 is 0 Å². The maximum Gasteiger partial charge on any atom is 0.336 e. The highest BCUT2D eigenvalue weighted by atomic mass is 16.5. The molecule has 0 spiro atoms. The molecule has 3 aromatic rings. The summed E-state index contributed by atoms with van der Waals surface area (Å²) >= 11 is 0. The van der Waals surface area contributed by atoms with Crippen molar-refractivity contribution in [3.63, 3.8) is 0 Å². The third-order valence-electron chi connectivity index (χ3n) is 7.25. The third kappa shape index (κ3) is 5.93. The maximum absolute atomic E-state index is 12.0. The number of carboxylic acids is 2. The SMILES string of the molecule is O=C(O)c1cccc(-c2c(OCc3ccc(OC4CCCC4)c(OC4CCCC4)c3)cccc2C(=O)O)c1. The van der Waals surface area contributed by atoms with Crippen LogP contribution in [0.3, 0.4) is 0 Å². The van der Waals surface area contributed by atoms with Crippen molar-refractivity contribution in [2.75, 3.05) is 0 Å². The number of hydrogen-bond acceptors (Lipinski definition) is 5. The zero-order valence-corrected chi connectivity index (χ0v) is 21.2. The Balaban J connectivity index is 1.42. The van der Waals surface area contributed by atoms with Gasteiger partial charge in [0.1, 0.15) is 12.4 Å². The lowest BCUT2D eigenvalue weighted by Crippen LogP contribution is -2.15. The van der Waals surface area contributed by atoms with Crippen molar-refractivity contribution in [1.82, 2.24) is 0 Å². The third-order valence-corrected chi connectivity index (χ3v) is 7.25. The molecule has 0 saturated heterocycles. The molecule has 0 aliphatic heterocycles. The fraction of sp³-hybridized carbons (Fsp3) is 0.355. The second-order valence-corrected chi connectivity index (χ2v) is 9.99. The van der Waals surface area contributed by atoms with Gasteiger partial charge in [-0.25, -0.2) is 9.59 Å². The number of benzene rings is 3. The topological polar surface area (TPSA) is 102 Å². The van der Waals surface area contributed by atoms with E-state index in [2.05, 4.69) is 0 Å². The summed E-state index contributed by atoms with van der Waals surface area (Å²) in [4.78, 5) is 23.5. The van der Waals surface area contributed by atoms with E-state index in [-0.39, 0.29) is 29.9 Å². The van der Waals surface area contributed by atoms with Crippen molar-refractivity contribution in [1.29, 1.82) is 0 Å². The Morgan fingerprint density at radius 1 is 0.711 bits per heavy atom. The van der Waals surface area contributed by atoms with Crippen molar-refractivity contribution < 1.29 is 34.0 Å². The first-order valence-electron chi connectivity index (χ1n) is 13.3. The molecular formula is C31H32O7. The van der Waals surface area contributed by atoms with Gasteiger partial charge in [-0.2, -0.15) is 0 Å². The molecule has 0 bridgehead atoms. The van der Waals surface area contributed by atoms with E-state index in [4.69, 9.17) is 14.2 Å². The zero-order chi connectivity index (χ0) is 26.5. The van der Waals surface area contributed by atoms with Crippen LogP contribution in [0.5, 0.6) is 17.2 Å². The van der Waals surface area contributed by atoms with Gasteiger partial charge in [-0.3, -0.25) is 0 Å². The van der Waals surface area contributed by atoms with Gasteiger partial charge in [0.2, 0.25) is 0 Å². The molecule has 7 nitrogen and oxygen atoms in total.